The average molecular weight is 350 g/mol. The fourth-order valence-electron chi connectivity index (χ4n) is 3.03. The number of carbonyl (C=O) groups is 1. The van der Waals surface area contributed by atoms with Crippen LogP contribution in [0.25, 0.3) is 0 Å². The van der Waals surface area contributed by atoms with E-state index in [9.17, 15) is 4.79 Å². The Morgan fingerprint density at radius 2 is 2.04 bits per heavy atom. The first-order valence-corrected chi connectivity index (χ1v) is 8.86. The molecule has 0 bridgehead atoms. The van der Waals surface area contributed by atoms with Gasteiger partial charge in [0.05, 0.1) is 29.6 Å². The van der Waals surface area contributed by atoms with Crippen LogP contribution >= 0.6 is 0 Å². The van der Waals surface area contributed by atoms with E-state index in [1.54, 1.807) is 12.4 Å². The van der Waals surface area contributed by atoms with Gasteiger partial charge in [0.2, 0.25) is 0 Å². The maximum Gasteiger partial charge on any atom is 0.407 e. The first kappa shape index (κ1) is 19.6. The smallest absolute Gasteiger partial charge is 0.407 e. The third kappa shape index (κ3) is 5.37. The number of nitrogens with zero attached hydrogens (tertiary/aromatic N) is 2. The Kier molecular flexibility index (Phi) is 6.35. The molecule has 25 heavy (non-hydrogen) atoms. The third-order valence-corrected chi connectivity index (χ3v) is 4.17. The van der Waals surface area contributed by atoms with Gasteiger partial charge in [-0.2, -0.15) is 0 Å². The van der Waals surface area contributed by atoms with E-state index in [2.05, 4.69) is 20.6 Å². The van der Waals surface area contributed by atoms with Gasteiger partial charge in [-0.3, -0.25) is 9.97 Å². The Morgan fingerprint density at radius 1 is 1.36 bits per heavy atom. The monoisotopic (exact) mass is 350 g/mol. The highest BCUT2D eigenvalue weighted by atomic mass is 16.6. The molecule has 7 nitrogen and oxygen atoms in total. The third-order valence-electron chi connectivity index (χ3n) is 4.17. The molecule has 1 aromatic rings. The molecule has 4 atom stereocenters. The van der Waals surface area contributed by atoms with E-state index >= 15 is 0 Å². The SMILES string of the molecule is CCOC1CC(NC(=O)OC(C)(C)C)C1NC(C)c1nccnc1C. The summed E-state index contributed by atoms with van der Waals surface area (Å²) in [6, 6.07) is -0.0282. The Balaban J connectivity index is 2.00. The molecule has 1 aromatic heterocycles. The van der Waals surface area contributed by atoms with Gasteiger partial charge in [-0.05, 0) is 48.0 Å². The highest BCUT2D eigenvalue weighted by Crippen LogP contribution is 2.27. The molecule has 0 aliphatic heterocycles. The number of rotatable bonds is 6. The van der Waals surface area contributed by atoms with Crippen molar-refractivity contribution in [2.24, 2.45) is 0 Å². The number of amides is 1. The molecule has 0 saturated heterocycles. The van der Waals surface area contributed by atoms with Gasteiger partial charge in [0, 0.05) is 25.0 Å². The molecule has 1 heterocycles. The topological polar surface area (TPSA) is 85.4 Å². The molecule has 1 aliphatic carbocycles. The van der Waals surface area contributed by atoms with Gasteiger partial charge in [-0.15, -0.1) is 0 Å². The second-order valence-corrected chi connectivity index (χ2v) is 7.42. The van der Waals surface area contributed by atoms with E-state index < -0.39 is 11.7 Å². The van der Waals surface area contributed by atoms with E-state index in [-0.39, 0.29) is 24.2 Å². The Morgan fingerprint density at radius 3 is 2.64 bits per heavy atom. The van der Waals surface area contributed by atoms with Crippen LogP contribution in [-0.2, 0) is 9.47 Å². The van der Waals surface area contributed by atoms with E-state index in [0.717, 1.165) is 17.8 Å². The lowest BCUT2D eigenvalue weighted by Gasteiger charge is -2.46. The Labute approximate surface area is 149 Å². The molecule has 1 fully saturated rings. The molecule has 1 aliphatic rings. The normalized spacial score (nSPS) is 24.3. The summed E-state index contributed by atoms with van der Waals surface area (Å²) in [5, 5.41) is 6.47. The van der Waals surface area contributed by atoms with Gasteiger partial charge in [0.15, 0.2) is 0 Å². The minimum Gasteiger partial charge on any atom is -0.444 e. The summed E-state index contributed by atoms with van der Waals surface area (Å²) in [6.45, 7) is 12.2. The van der Waals surface area contributed by atoms with E-state index in [1.807, 2.05) is 41.5 Å². The van der Waals surface area contributed by atoms with Gasteiger partial charge < -0.3 is 20.1 Å². The molecular formula is C18H30N4O3. The number of carbonyl (C=O) groups excluding carboxylic acids is 1. The molecule has 4 unspecified atom stereocenters. The van der Waals surface area contributed by atoms with Crippen LogP contribution in [0.15, 0.2) is 12.4 Å². The summed E-state index contributed by atoms with van der Waals surface area (Å²) in [4.78, 5) is 20.8. The van der Waals surface area contributed by atoms with Crippen molar-refractivity contribution in [2.75, 3.05) is 6.61 Å². The van der Waals surface area contributed by atoms with Crippen molar-refractivity contribution < 1.29 is 14.3 Å². The molecule has 7 heteroatoms. The van der Waals surface area contributed by atoms with Crippen LogP contribution in [0.5, 0.6) is 0 Å². The summed E-state index contributed by atoms with van der Waals surface area (Å²) in [6.07, 6.45) is 3.80. The number of aromatic nitrogens is 2. The maximum absolute atomic E-state index is 12.1. The van der Waals surface area contributed by atoms with Crippen molar-refractivity contribution in [1.82, 2.24) is 20.6 Å². The van der Waals surface area contributed by atoms with Crippen molar-refractivity contribution >= 4 is 6.09 Å². The quantitative estimate of drug-likeness (QED) is 0.820. The van der Waals surface area contributed by atoms with E-state index in [1.165, 1.54) is 0 Å². The van der Waals surface area contributed by atoms with Crippen molar-refractivity contribution in [3.8, 4) is 0 Å². The zero-order valence-electron chi connectivity index (χ0n) is 16.0. The highest BCUT2D eigenvalue weighted by Gasteiger charge is 2.44. The second-order valence-electron chi connectivity index (χ2n) is 7.42. The summed E-state index contributed by atoms with van der Waals surface area (Å²) in [7, 11) is 0. The minimum absolute atomic E-state index is 0.00359. The first-order chi connectivity index (χ1) is 11.7. The number of ether oxygens (including phenoxy) is 2. The van der Waals surface area contributed by atoms with Crippen molar-refractivity contribution in [2.45, 2.75) is 77.8 Å². The van der Waals surface area contributed by atoms with Gasteiger partial charge in [-0.1, -0.05) is 0 Å². The van der Waals surface area contributed by atoms with Crippen molar-refractivity contribution in [1.29, 1.82) is 0 Å². The molecule has 0 radical (unpaired) electrons. The van der Waals surface area contributed by atoms with Crippen LogP contribution in [0.1, 0.15) is 58.5 Å². The molecular weight excluding hydrogens is 320 g/mol. The first-order valence-electron chi connectivity index (χ1n) is 8.86. The lowest BCUT2D eigenvalue weighted by Crippen LogP contribution is -2.66. The fraction of sp³-hybridized carbons (Fsp3) is 0.722. The number of aryl methyl sites for hydroxylation is 1. The van der Waals surface area contributed by atoms with Gasteiger partial charge in [0.25, 0.3) is 0 Å². The Bertz CT molecular complexity index is 588. The number of hydrogen-bond donors (Lipinski definition) is 2. The fourth-order valence-corrected chi connectivity index (χ4v) is 3.03. The van der Waals surface area contributed by atoms with Crippen LogP contribution in [0.3, 0.4) is 0 Å². The molecule has 2 rings (SSSR count). The van der Waals surface area contributed by atoms with Crippen LogP contribution < -0.4 is 10.6 Å². The number of nitrogens with one attached hydrogen (secondary N) is 2. The molecule has 0 spiro atoms. The van der Waals surface area contributed by atoms with E-state index in [4.69, 9.17) is 9.47 Å². The molecule has 1 amide bonds. The average Bonchev–Trinajstić information content (AvgIpc) is 2.50. The lowest BCUT2D eigenvalue weighted by molar-refractivity contribution is -0.0463. The number of alkyl carbamates (subject to hydrolysis) is 1. The molecule has 1 saturated carbocycles. The summed E-state index contributed by atoms with van der Waals surface area (Å²) >= 11 is 0. The van der Waals surface area contributed by atoms with Crippen LogP contribution in [-0.4, -0.2) is 46.5 Å². The predicted octanol–water partition coefficient (Wildman–Crippen LogP) is 2.51. The van der Waals surface area contributed by atoms with E-state index in [0.29, 0.717) is 6.61 Å². The highest BCUT2D eigenvalue weighted by molar-refractivity contribution is 5.68. The number of hydrogen-bond acceptors (Lipinski definition) is 6. The summed E-state index contributed by atoms with van der Waals surface area (Å²) in [5.41, 5.74) is 1.28. The van der Waals surface area contributed by atoms with Gasteiger partial charge in [0.1, 0.15) is 5.60 Å². The zero-order chi connectivity index (χ0) is 18.6. The largest absolute Gasteiger partial charge is 0.444 e. The predicted molar refractivity (Wildman–Crippen MR) is 95.3 cm³/mol. The Hall–Kier alpha value is -1.73. The van der Waals surface area contributed by atoms with Gasteiger partial charge >= 0.3 is 6.09 Å². The molecule has 140 valence electrons. The zero-order valence-corrected chi connectivity index (χ0v) is 16.0. The maximum atomic E-state index is 12.1. The van der Waals surface area contributed by atoms with Crippen LogP contribution in [0.2, 0.25) is 0 Å². The van der Waals surface area contributed by atoms with Crippen LogP contribution in [0, 0.1) is 6.92 Å². The van der Waals surface area contributed by atoms with Crippen molar-refractivity contribution in [3.05, 3.63) is 23.8 Å². The molecule has 2 N–H and O–H groups in total. The lowest BCUT2D eigenvalue weighted by atomic mass is 9.82. The van der Waals surface area contributed by atoms with Crippen LogP contribution in [0.4, 0.5) is 4.79 Å². The summed E-state index contributed by atoms with van der Waals surface area (Å²) < 4.78 is 11.1. The second kappa shape index (κ2) is 8.10. The standard InChI is InChI=1S/C18H30N4O3/c1-7-24-14-10-13(22-17(23)25-18(4,5)6)16(14)21-12(3)15-11(2)19-8-9-20-15/h8-9,12-14,16,21H,7,10H2,1-6H3,(H,22,23). The van der Waals surface area contributed by atoms with Gasteiger partial charge in [-0.25, -0.2) is 4.79 Å². The summed E-state index contributed by atoms with van der Waals surface area (Å²) in [5.74, 6) is 0. The minimum atomic E-state index is -0.514. The van der Waals surface area contributed by atoms with Crippen molar-refractivity contribution in [3.63, 3.8) is 0 Å². The molecule has 0 aromatic carbocycles.